The van der Waals surface area contributed by atoms with Gasteiger partial charge in [0.15, 0.2) is 0 Å². The van der Waals surface area contributed by atoms with Crippen molar-refractivity contribution < 1.29 is 0 Å². The van der Waals surface area contributed by atoms with Crippen LogP contribution in [0.1, 0.15) is 12.8 Å². The zero-order valence-corrected chi connectivity index (χ0v) is 7.30. The first-order valence-electron chi connectivity index (χ1n) is 4.05. The van der Waals surface area contributed by atoms with Crippen molar-refractivity contribution in [2.24, 2.45) is 0 Å². The largest absolute Gasteiger partial charge is 0.306 e. The molecule has 1 rings (SSSR count). The average Bonchev–Trinajstić information content (AvgIpc) is 1.88. The first-order valence-corrected chi connectivity index (χ1v) is 4.05. The zero-order chi connectivity index (χ0) is 7.56. The molecule has 0 saturated carbocycles. The fraction of sp³-hybridized carbons (Fsp3) is 1.00. The quantitative estimate of drug-likeness (QED) is 0.530. The molecule has 0 spiro atoms. The van der Waals surface area contributed by atoms with E-state index in [1.807, 2.05) is 0 Å². The summed E-state index contributed by atoms with van der Waals surface area (Å²) in [5.41, 5.74) is 0. The Morgan fingerprint density at radius 2 is 1.70 bits per heavy atom. The molecule has 0 aromatic heterocycles. The van der Waals surface area contributed by atoms with Gasteiger partial charge in [0, 0.05) is 6.04 Å². The van der Waals surface area contributed by atoms with E-state index in [1.165, 1.54) is 25.9 Å². The minimum Gasteiger partial charge on any atom is -0.306 e. The van der Waals surface area contributed by atoms with Crippen molar-refractivity contribution in [3.63, 3.8) is 0 Å². The number of nitrogens with zero attached hydrogens (tertiary/aromatic N) is 2. The molecule has 1 heterocycles. The molecule has 10 heavy (non-hydrogen) atoms. The van der Waals surface area contributed by atoms with E-state index in [0.29, 0.717) is 0 Å². The van der Waals surface area contributed by atoms with Crippen LogP contribution < -0.4 is 0 Å². The average molecular weight is 142 g/mol. The first-order chi connectivity index (χ1) is 4.70. The molecular formula is C8H18N2. The fourth-order valence-corrected chi connectivity index (χ4v) is 1.51. The molecule has 0 aliphatic carbocycles. The molecule has 0 bridgehead atoms. The molecule has 1 fully saturated rings. The lowest BCUT2D eigenvalue weighted by molar-refractivity contribution is 0.166. The van der Waals surface area contributed by atoms with Crippen LogP contribution in [0.4, 0.5) is 0 Å². The van der Waals surface area contributed by atoms with E-state index in [9.17, 15) is 0 Å². The Hall–Kier alpha value is -0.0800. The normalized spacial score (nSPS) is 24.0. The highest BCUT2D eigenvalue weighted by Gasteiger charge is 2.17. The Labute approximate surface area is 63.8 Å². The van der Waals surface area contributed by atoms with Crippen LogP contribution in [0.2, 0.25) is 0 Å². The third-order valence-electron chi connectivity index (χ3n) is 2.42. The third-order valence-corrected chi connectivity index (χ3v) is 2.42. The fourth-order valence-electron chi connectivity index (χ4n) is 1.51. The van der Waals surface area contributed by atoms with E-state index in [-0.39, 0.29) is 0 Å². The molecule has 1 saturated heterocycles. The van der Waals surface area contributed by atoms with Gasteiger partial charge in [-0.05, 0) is 47.1 Å². The van der Waals surface area contributed by atoms with E-state index in [0.717, 1.165) is 6.04 Å². The molecular weight excluding hydrogens is 124 g/mol. The lowest BCUT2D eigenvalue weighted by Gasteiger charge is -2.32. The Kier molecular flexibility index (Phi) is 2.69. The van der Waals surface area contributed by atoms with E-state index in [4.69, 9.17) is 0 Å². The second kappa shape index (κ2) is 3.35. The molecule has 1 aliphatic heterocycles. The molecule has 0 aromatic carbocycles. The zero-order valence-electron chi connectivity index (χ0n) is 7.30. The van der Waals surface area contributed by atoms with Crippen molar-refractivity contribution in [1.29, 1.82) is 0 Å². The van der Waals surface area contributed by atoms with Crippen LogP contribution in [0.3, 0.4) is 0 Å². The van der Waals surface area contributed by atoms with E-state index in [1.54, 1.807) is 0 Å². The van der Waals surface area contributed by atoms with E-state index >= 15 is 0 Å². The topological polar surface area (TPSA) is 6.48 Å². The van der Waals surface area contributed by atoms with Crippen LogP contribution >= 0.6 is 0 Å². The number of piperidine rings is 1. The molecule has 60 valence electrons. The number of likely N-dealkylation sites (tertiary alicyclic amines) is 1. The van der Waals surface area contributed by atoms with Crippen LogP contribution in [0.15, 0.2) is 0 Å². The lowest BCUT2D eigenvalue weighted by Crippen LogP contribution is -2.40. The van der Waals surface area contributed by atoms with Crippen LogP contribution in [0.5, 0.6) is 0 Å². The monoisotopic (exact) mass is 142 g/mol. The highest BCUT2D eigenvalue weighted by atomic mass is 15.2. The van der Waals surface area contributed by atoms with Gasteiger partial charge >= 0.3 is 0 Å². The Balaban J connectivity index is 2.26. The van der Waals surface area contributed by atoms with Gasteiger partial charge in [-0.2, -0.15) is 0 Å². The summed E-state index contributed by atoms with van der Waals surface area (Å²) in [5, 5.41) is 0. The van der Waals surface area contributed by atoms with Gasteiger partial charge in [-0.1, -0.05) is 0 Å². The van der Waals surface area contributed by atoms with Gasteiger partial charge in [-0.25, -0.2) is 0 Å². The summed E-state index contributed by atoms with van der Waals surface area (Å²) in [6.07, 6.45) is 2.67. The predicted octanol–water partition coefficient (Wildman–Crippen LogP) is 0.642. The minimum atomic E-state index is 0.830. The molecule has 0 N–H and O–H groups in total. The summed E-state index contributed by atoms with van der Waals surface area (Å²) in [6, 6.07) is 0.830. The minimum absolute atomic E-state index is 0.830. The van der Waals surface area contributed by atoms with Crippen LogP contribution in [-0.4, -0.2) is 50.1 Å². The summed E-state index contributed by atoms with van der Waals surface area (Å²) < 4.78 is 0. The van der Waals surface area contributed by atoms with Gasteiger partial charge in [0.05, 0.1) is 0 Å². The highest BCUT2D eigenvalue weighted by Crippen LogP contribution is 2.11. The van der Waals surface area contributed by atoms with Crippen molar-refractivity contribution >= 4 is 0 Å². The maximum absolute atomic E-state index is 2.40. The second-order valence-electron chi connectivity index (χ2n) is 3.50. The lowest BCUT2D eigenvalue weighted by atomic mass is 10.1. The van der Waals surface area contributed by atoms with Crippen LogP contribution in [0.25, 0.3) is 0 Å². The van der Waals surface area contributed by atoms with Crippen molar-refractivity contribution in [1.82, 2.24) is 9.80 Å². The number of hydrogen-bond donors (Lipinski definition) is 0. The number of rotatable bonds is 1. The van der Waals surface area contributed by atoms with Gasteiger partial charge < -0.3 is 9.80 Å². The maximum atomic E-state index is 2.40. The highest BCUT2D eigenvalue weighted by molar-refractivity contribution is 4.74. The summed E-state index contributed by atoms with van der Waals surface area (Å²) in [7, 11) is 6.55. The number of hydrogen-bond acceptors (Lipinski definition) is 2. The SMILES string of the molecule is CN1CCC(N(C)C)CC1. The molecule has 2 nitrogen and oxygen atoms in total. The molecule has 2 heteroatoms. The van der Waals surface area contributed by atoms with Gasteiger partial charge in [-0.15, -0.1) is 0 Å². The summed E-state index contributed by atoms with van der Waals surface area (Å²) in [4.78, 5) is 4.74. The summed E-state index contributed by atoms with van der Waals surface area (Å²) in [5.74, 6) is 0. The van der Waals surface area contributed by atoms with E-state index in [2.05, 4.69) is 30.9 Å². The van der Waals surface area contributed by atoms with Gasteiger partial charge in [-0.3, -0.25) is 0 Å². The smallest absolute Gasteiger partial charge is 0.0113 e. The van der Waals surface area contributed by atoms with Crippen LogP contribution in [-0.2, 0) is 0 Å². The summed E-state index contributed by atoms with van der Waals surface area (Å²) in [6.45, 7) is 2.53. The predicted molar refractivity (Wildman–Crippen MR) is 44.2 cm³/mol. The van der Waals surface area contributed by atoms with Gasteiger partial charge in [0.25, 0.3) is 0 Å². The molecule has 0 radical (unpaired) electrons. The van der Waals surface area contributed by atoms with Gasteiger partial charge in [0.2, 0.25) is 0 Å². The molecule has 0 unspecified atom stereocenters. The maximum Gasteiger partial charge on any atom is 0.0113 e. The molecule has 0 amide bonds. The molecule has 0 aromatic rings. The Bertz CT molecular complexity index is 93.4. The summed E-state index contributed by atoms with van der Waals surface area (Å²) >= 11 is 0. The van der Waals surface area contributed by atoms with Crippen molar-refractivity contribution in [3.05, 3.63) is 0 Å². The second-order valence-corrected chi connectivity index (χ2v) is 3.50. The Morgan fingerprint density at radius 1 is 1.20 bits per heavy atom. The van der Waals surface area contributed by atoms with Crippen molar-refractivity contribution in [2.75, 3.05) is 34.2 Å². The van der Waals surface area contributed by atoms with E-state index < -0.39 is 0 Å². The molecule has 1 aliphatic rings. The Morgan fingerprint density at radius 3 is 2.10 bits per heavy atom. The van der Waals surface area contributed by atoms with Crippen molar-refractivity contribution in [3.8, 4) is 0 Å². The molecule has 0 atom stereocenters. The third kappa shape index (κ3) is 1.96. The standard InChI is InChI=1S/C8H18N2/c1-9(2)8-4-6-10(3)7-5-8/h8H,4-7H2,1-3H3. The first kappa shape index (κ1) is 8.02. The van der Waals surface area contributed by atoms with Crippen LogP contribution in [0, 0.1) is 0 Å². The van der Waals surface area contributed by atoms with Crippen molar-refractivity contribution in [2.45, 2.75) is 18.9 Å². The van der Waals surface area contributed by atoms with Gasteiger partial charge in [0.1, 0.15) is 0 Å².